The number of pyridine rings is 1. The van der Waals surface area contributed by atoms with E-state index in [1.807, 2.05) is 18.3 Å². The van der Waals surface area contributed by atoms with E-state index in [1.54, 1.807) is 24.3 Å². The summed E-state index contributed by atoms with van der Waals surface area (Å²) in [6.45, 7) is 2.47. The first kappa shape index (κ1) is 13.6. The Kier molecular flexibility index (Phi) is 3.87. The molecule has 1 fully saturated rings. The van der Waals surface area contributed by atoms with Crippen LogP contribution in [0.1, 0.15) is 10.5 Å². The molecule has 2 aromatic heterocycles. The summed E-state index contributed by atoms with van der Waals surface area (Å²) in [5.74, 6) is 0.574. The first-order chi connectivity index (χ1) is 10.3. The molecule has 0 unspecified atom stereocenters. The van der Waals surface area contributed by atoms with Gasteiger partial charge >= 0.3 is 0 Å². The van der Waals surface area contributed by atoms with Crippen LogP contribution in [0.25, 0.3) is 11.1 Å². The van der Waals surface area contributed by atoms with Gasteiger partial charge in [0.25, 0.3) is 5.91 Å². The van der Waals surface area contributed by atoms with Crippen molar-refractivity contribution in [2.75, 3.05) is 33.4 Å². The van der Waals surface area contributed by atoms with E-state index < -0.39 is 0 Å². The second kappa shape index (κ2) is 5.97. The molecule has 1 N–H and O–H groups in total. The maximum Gasteiger partial charge on any atom is 0.270 e. The van der Waals surface area contributed by atoms with Crippen molar-refractivity contribution in [2.24, 2.45) is 0 Å². The third-order valence-electron chi connectivity index (χ3n) is 3.49. The van der Waals surface area contributed by atoms with Crippen LogP contribution >= 0.6 is 0 Å². The van der Waals surface area contributed by atoms with Crippen LogP contribution in [-0.2, 0) is 4.74 Å². The van der Waals surface area contributed by atoms with Gasteiger partial charge < -0.3 is 19.4 Å². The first-order valence-corrected chi connectivity index (χ1v) is 6.84. The Labute approximate surface area is 122 Å². The lowest BCUT2D eigenvalue weighted by molar-refractivity contribution is 0.0299. The molecule has 3 heterocycles. The topological polar surface area (TPSA) is 67.5 Å². The summed E-state index contributed by atoms with van der Waals surface area (Å²) in [5.41, 5.74) is 2.46. The lowest BCUT2D eigenvalue weighted by Gasteiger charge is -2.26. The van der Waals surface area contributed by atoms with Crippen molar-refractivity contribution in [3.63, 3.8) is 0 Å². The van der Waals surface area contributed by atoms with E-state index in [-0.39, 0.29) is 5.91 Å². The van der Waals surface area contributed by atoms with Crippen LogP contribution in [0.15, 0.2) is 30.6 Å². The average molecular weight is 287 g/mol. The minimum absolute atomic E-state index is 0.00557. The first-order valence-electron chi connectivity index (χ1n) is 6.84. The summed E-state index contributed by atoms with van der Waals surface area (Å²) in [7, 11) is 1.58. The van der Waals surface area contributed by atoms with Gasteiger partial charge in [-0.1, -0.05) is 0 Å². The van der Waals surface area contributed by atoms with Crippen molar-refractivity contribution in [3.8, 4) is 17.0 Å². The van der Waals surface area contributed by atoms with Gasteiger partial charge in [-0.25, -0.2) is 4.98 Å². The largest absolute Gasteiger partial charge is 0.481 e. The summed E-state index contributed by atoms with van der Waals surface area (Å²) < 4.78 is 10.3. The molecule has 2 aromatic rings. The highest BCUT2D eigenvalue weighted by Crippen LogP contribution is 2.22. The van der Waals surface area contributed by atoms with Crippen LogP contribution < -0.4 is 4.74 Å². The van der Waals surface area contributed by atoms with Gasteiger partial charge in [-0.2, -0.15) is 0 Å². The van der Waals surface area contributed by atoms with Gasteiger partial charge in [-0.05, 0) is 12.1 Å². The molecule has 3 rings (SSSR count). The SMILES string of the molecule is COc1ccc(-c2c[nH]c(C(=O)N3CCOCC3)c2)cn1. The van der Waals surface area contributed by atoms with E-state index in [0.717, 1.165) is 11.1 Å². The molecule has 1 aliphatic rings. The standard InChI is InChI=1S/C15H17N3O3/c1-20-14-3-2-11(9-17-14)12-8-13(16-10-12)15(19)18-4-6-21-7-5-18/h2-3,8-10,16H,4-7H2,1H3. The predicted molar refractivity (Wildman–Crippen MR) is 77.3 cm³/mol. The minimum atomic E-state index is 0.00557. The molecule has 0 aromatic carbocycles. The molecule has 6 heteroatoms. The molecule has 0 atom stereocenters. The predicted octanol–water partition coefficient (Wildman–Crippen LogP) is 1.56. The lowest BCUT2D eigenvalue weighted by Crippen LogP contribution is -2.40. The smallest absolute Gasteiger partial charge is 0.270 e. The number of aromatic nitrogens is 2. The van der Waals surface area contributed by atoms with Crippen molar-refractivity contribution in [2.45, 2.75) is 0 Å². The summed E-state index contributed by atoms with van der Waals surface area (Å²) in [6, 6.07) is 5.56. The molecule has 1 saturated heterocycles. The molecule has 110 valence electrons. The van der Waals surface area contributed by atoms with Gasteiger partial charge in [0.05, 0.1) is 20.3 Å². The summed E-state index contributed by atoms with van der Waals surface area (Å²) in [4.78, 5) is 21.4. The summed E-state index contributed by atoms with van der Waals surface area (Å²) in [6.07, 6.45) is 3.54. The number of hydrogen-bond acceptors (Lipinski definition) is 4. The highest BCUT2D eigenvalue weighted by atomic mass is 16.5. The second-order valence-corrected chi connectivity index (χ2v) is 4.80. The van der Waals surface area contributed by atoms with E-state index in [0.29, 0.717) is 37.9 Å². The Morgan fingerprint density at radius 2 is 2.14 bits per heavy atom. The zero-order chi connectivity index (χ0) is 14.7. The molecule has 0 bridgehead atoms. The Balaban J connectivity index is 1.77. The number of hydrogen-bond donors (Lipinski definition) is 1. The minimum Gasteiger partial charge on any atom is -0.481 e. The van der Waals surface area contributed by atoms with Crippen LogP contribution in [0.5, 0.6) is 5.88 Å². The van der Waals surface area contributed by atoms with Crippen LogP contribution in [0.4, 0.5) is 0 Å². The van der Waals surface area contributed by atoms with E-state index in [9.17, 15) is 4.79 Å². The van der Waals surface area contributed by atoms with Gasteiger partial charge in [0.2, 0.25) is 5.88 Å². The molecule has 0 radical (unpaired) electrons. The number of rotatable bonds is 3. The van der Waals surface area contributed by atoms with Crippen molar-refractivity contribution in [1.29, 1.82) is 0 Å². The third kappa shape index (κ3) is 2.90. The van der Waals surface area contributed by atoms with Crippen molar-refractivity contribution in [1.82, 2.24) is 14.9 Å². The molecule has 0 spiro atoms. The number of amides is 1. The zero-order valence-electron chi connectivity index (χ0n) is 11.8. The fourth-order valence-electron chi connectivity index (χ4n) is 2.29. The molecule has 1 aliphatic heterocycles. The summed E-state index contributed by atoms with van der Waals surface area (Å²) in [5, 5.41) is 0. The van der Waals surface area contributed by atoms with Gasteiger partial charge in [0.1, 0.15) is 5.69 Å². The number of ether oxygens (including phenoxy) is 2. The fraction of sp³-hybridized carbons (Fsp3) is 0.333. The fourth-order valence-corrected chi connectivity index (χ4v) is 2.29. The zero-order valence-corrected chi connectivity index (χ0v) is 11.8. The second-order valence-electron chi connectivity index (χ2n) is 4.80. The summed E-state index contributed by atoms with van der Waals surface area (Å²) >= 11 is 0. The average Bonchev–Trinajstić information content (AvgIpc) is 3.05. The van der Waals surface area contributed by atoms with Gasteiger partial charge in [0, 0.05) is 42.7 Å². The number of carbonyl (C=O) groups excluding carboxylic acids is 1. The van der Waals surface area contributed by atoms with E-state index >= 15 is 0 Å². The quantitative estimate of drug-likeness (QED) is 0.930. The normalized spacial score (nSPS) is 15.0. The maximum absolute atomic E-state index is 12.3. The maximum atomic E-state index is 12.3. The number of H-pyrrole nitrogens is 1. The van der Waals surface area contributed by atoms with E-state index in [2.05, 4.69) is 9.97 Å². The number of nitrogens with one attached hydrogen (secondary N) is 1. The Bertz CT molecular complexity index is 615. The number of carbonyl (C=O) groups is 1. The van der Waals surface area contributed by atoms with E-state index in [1.165, 1.54) is 0 Å². The van der Waals surface area contributed by atoms with Crippen molar-refractivity contribution < 1.29 is 14.3 Å². The van der Waals surface area contributed by atoms with Crippen molar-refractivity contribution >= 4 is 5.91 Å². The Morgan fingerprint density at radius 1 is 1.33 bits per heavy atom. The number of morpholine rings is 1. The monoisotopic (exact) mass is 287 g/mol. The number of aromatic amines is 1. The number of methoxy groups -OCH3 is 1. The highest BCUT2D eigenvalue weighted by Gasteiger charge is 2.20. The highest BCUT2D eigenvalue weighted by molar-refractivity contribution is 5.94. The van der Waals surface area contributed by atoms with Crippen LogP contribution in [-0.4, -0.2) is 54.2 Å². The lowest BCUT2D eigenvalue weighted by atomic mass is 10.1. The Morgan fingerprint density at radius 3 is 2.81 bits per heavy atom. The number of nitrogens with zero attached hydrogens (tertiary/aromatic N) is 2. The molecule has 1 amide bonds. The van der Waals surface area contributed by atoms with Crippen molar-refractivity contribution in [3.05, 3.63) is 36.3 Å². The van der Waals surface area contributed by atoms with Gasteiger partial charge in [0.15, 0.2) is 0 Å². The molecule has 6 nitrogen and oxygen atoms in total. The van der Waals surface area contributed by atoms with Crippen LogP contribution in [0, 0.1) is 0 Å². The molecule has 0 saturated carbocycles. The van der Waals surface area contributed by atoms with Gasteiger partial charge in [-0.3, -0.25) is 4.79 Å². The van der Waals surface area contributed by atoms with E-state index in [4.69, 9.17) is 9.47 Å². The van der Waals surface area contributed by atoms with Gasteiger partial charge in [-0.15, -0.1) is 0 Å². The van der Waals surface area contributed by atoms with Crippen LogP contribution in [0.3, 0.4) is 0 Å². The van der Waals surface area contributed by atoms with Crippen LogP contribution in [0.2, 0.25) is 0 Å². The third-order valence-corrected chi connectivity index (χ3v) is 3.49. The Hall–Kier alpha value is -2.34. The molecular formula is C15H17N3O3. The molecule has 21 heavy (non-hydrogen) atoms. The molecule has 0 aliphatic carbocycles. The molecular weight excluding hydrogens is 270 g/mol.